The van der Waals surface area contributed by atoms with Gasteiger partial charge in [0, 0.05) is 5.41 Å². The van der Waals surface area contributed by atoms with Gasteiger partial charge in [-0.3, -0.25) is 0 Å². The Bertz CT molecular complexity index is 565. The van der Waals surface area contributed by atoms with Gasteiger partial charge < -0.3 is 10.2 Å². The zero-order valence-corrected chi connectivity index (χ0v) is 14.4. The van der Waals surface area contributed by atoms with E-state index in [1.165, 1.54) is 16.7 Å². The maximum Gasteiger partial charge on any atom is 0.0619 e. The number of fused-ring (bicyclic) bond motifs is 3. The highest BCUT2D eigenvalue weighted by molar-refractivity contribution is 5.42. The van der Waals surface area contributed by atoms with E-state index in [0.29, 0.717) is 11.8 Å². The summed E-state index contributed by atoms with van der Waals surface area (Å²) < 4.78 is 0. The maximum atomic E-state index is 10.5. The first-order chi connectivity index (χ1) is 10.3. The molecule has 0 heterocycles. The van der Waals surface area contributed by atoms with Crippen LogP contribution in [0, 0.1) is 11.3 Å². The van der Waals surface area contributed by atoms with Crippen molar-refractivity contribution in [3.63, 3.8) is 0 Å². The van der Waals surface area contributed by atoms with E-state index in [1.807, 2.05) is 0 Å². The largest absolute Gasteiger partial charge is 0.396 e. The van der Waals surface area contributed by atoms with Crippen molar-refractivity contribution in [2.75, 3.05) is 6.61 Å². The predicted octanol–water partition coefficient (Wildman–Crippen LogP) is 3.78. The molecule has 22 heavy (non-hydrogen) atoms. The number of rotatable bonds is 2. The lowest BCUT2D eigenvalue weighted by atomic mass is 9.49. The first kappa shape index (κ1) is 16.0. The van der Waals surface area contributed by atoms with Crippen LogP contribution in [0.1, 0.15) is 69.6 Å². The highest BCUT2D eigenvalue weighted by Crippen LogP contribution is 2.57. The standard InChI is InChI=1S/C20H30O2/c1-13(2)14-5-7-16-15(11-14)6-8-17-19(16,3)10-9-18(22)20(17,4)12-21/h5,7,11,13,17-18,21-22H,6,8-10,12H2,1-4H3/t17-,18+,19-,20+/m1/s1. The first-order valence-electron chi connectivity index (χ1n) is 8.75. The summed E-state index contributed by atoms with van der Waals surface area (Å²) in [6.07, 6.45) is 3.56. The molecule has 2 heteroatoms. The molecule has 0 amide bonds. The number of aliphatic hydroxyl groups excluding tert-OH is 2. The lowest BCUT2D eigenvalue weighted by Crippen LogP contribution is -2.56. The van der Waals surface area contributed by atoms with Crippen molar-refractivity contribution in [1.29, 1.82) is 0 Å². The van der Waals surface area contributed by atoms with Crippen LogP contribution in [0.2, 0.25) is 0 Å². The minimum Gasteiger partial charge on any atom is -0.396 e. The van der Waals surface area contributed by atoms with Crippen LogP contribution < -0.4 is 0 Å². The van der Waals surface area contributed by atoms with Gasteiger partial charge in [0.05, 0.1) is 12.7 Å². The predicted molar refractivity (Wildman–Crippen MR) is 90.1 cm³/mol. The summed E-state index contributed by atoms with van der Waals surface area (Å²) in [5.41, 5.74) is 4.07. The molecular formula is C20H30O2. The molecule has 2 N–H and O–H groups in total. The minimum absolute atomic E-state index is 0.0772. The van der Waals surface area contributed by atoms with E-state index in [-0.39, 0.29) is 23.5 Å². The van der Waals surface area contributed by atoms with E-state index in [9.17, 15) is 10.2 Å². The lowest BCUT2D eigenvalue weighted by Gasteiger charge is -2.56. The van der Waals surface area contributed by atoms with Crippen LogP contribution in [0.5, 0.6) is 0 Å². The highest BCUT2D eigenvalue weighted by atomic mass is 16.3. The minimum atomic E-state index is -0.382. The van der Waals surface area contributed by atoms with Crippen LogP contribution in [0.25, 0.3) is 0 Å². The topological polar surface area (TPSA) is 40.5 Å². The SMILES string of the molecule is CC(C)c1ccc2c(c1)CC[C@H]1[C@](C)(CO)[C@@H](O)CC[C@]21C. The Labute approximate surface area is 134 Å². The lowest BCUT2D eigenvalue weighted by molar-refractivity contribution is -0.110. The van der Waals surface area contributed by atoms with Crippen molar-refractivity contribution in [1.82, 2.24) is 0 Å². The Morgan fingerprint density at radius 2 is 1.95 bits per heavy atom. The van der Waals surface area contributed by atoms with E-state index < -0.39 is 0 Å². The molecule has 2 aliphatic rings. The summed E-state index contributed by atoms with van der Waals surface area (Å²) in [5.74, 6) is 0.915. The van der Waals surface area contributed by atoms with Gasteiger partial charge in [-0.15, -0.1) is 0 Å². The Hall–Kier alpha value is -0.860. The zero-order chi connectivity index (χ0) is 16.1. The van der Waals surface area contributed by atoms with E-state index in [1.54, 1.807) is 0 Å². The zero-order valence-electron chi connectivity index (χ0n) is 14.4. The van der Waals surface area contributed by atoms with Crippen molar-refractivity contribution in [3.8, 4) is 0 Å². The second-order valence-electron chi connectivity index (χ2n) is 8.30. The Kier molecular flexibility index (Phi) is 3.89. The normalized spacial score (nSPS) is 37.8. The molecule has 0 saturated heterocycles. The summed E-state index contributed by atoms with van der Waals surface area (Å²) in [5, 5.41) is 20.5. The third-order valence-electron chi connectivity index (χ3n) is 6.72. The highest BCUT2D eigenvalue weighted by Gasteiger charge is 2.55. The van der Waals surface area contributed by atoms with E-state index in [2.05, 4.69) is 45.9 Å². The van der Waals surface area contributed by atoms with Gasteiger partial charge in [-0.1, -0.05) is 45.9 Å². The summed E-state index contributed by atoms with van der Waals surface area (Å²) in [7, 11) is 0. The molecule has 122 valence electrons. The Balaban J connectivity index is 2.06. The second-order valence-corrected chi connectivity index (χ2v) is 8.30. The van der Waals surface area contributed by atoms with Crippen LogP contribution in [0.15, 0.2) is 18.2 Å². The molecule has 1 aromatic carbocycles. The van der Waals surface area contributed by atoms with Crippen LogP contribution in [-0.2, 0) is 11.8 Å². The van der Waals surface area contributed by atoms with Crippen molar-refractivity contribution in [2.24, 2.45) is 11.3 Å². The Morgan fingerprint density at radius 3 is 2.59 bits per heavy atom. The molecule has 1 saturated carbocycles. The average Bonchev–Trinajstić information content (AvgIpc) is 2.51. The number of benzene rings is 1. The molecule has 0 aromatic heterocycles. The van der Waals surface area contributed by atoms with Crippen LogP contribution >= 0.6 is 0 Å². The summed E-state index contributed by atoms with van der Waals surface area (Å²) in [6.45, 7) is 9.00. The fourth-order valence-electron chi connectivity index (χ4n) is 5.12. The fraction of sp³-hybridized carbons (Fsp3) is 0.700. The number of aliphatic hydroxyl groups is 2. The van der Waals surface area contributed by atoms with Crippen LogP contribution in [-0.4, -0.2) is 22.9 Å². The molecule has 0 bridgehead atoms. The molecule has 3 rings (SSSR count). The molecular weight excluding hydrogens is 272 g/mol. The molecule has 1 aromatic rings. The maximum absolute atomic E-state index is 10.5. The van der Waals surface area contributed by atoms with Crippen molar-refractivity contribution < 1.29 is 10.2 Å². The molecule has 0 spiro atoms. The van der Waals surface area contributed by atoms with Gasteiger partial charge in [0.2, 0.25) is 0 Å². The van der Waals surface area contributed by atoms with Gasteiger partial charge in [0.25, 0.3) is 0 Å². The Morgan fingerprint density at radius 1 is 1.23 bits per heavy atom. The third-order valence-corrected chi connectivity index (χ3v) is 6.72. The molecule has 1 fully saturated rings. The number of hydrogen-bond acceptors (Lipinski definition) is 2. The van der Waals surface area contributed by atoms with Crippen molar-refractivity contribution in [3.05, 3.63) is 34.9 Å². The van der Waals surface area contributed by atoms with E-state index in [0.717, 1.165) is 25.7 Å². The number of hydrogen-bond donors (Lipinski definition) is 2. The summed E-state index contributed by atoms with van der Waals surface area (Å²) >= 11 is 0. The quantitative estimate of drug-likeness (QED) is 0.873. The second kappa shape index (κ2) is 5.35. The van der Waals surface area contributed by atoms with Crippen molar-refractivity contribution in [2.45, 2.75) is 70.8 Å². The summed E-state index contributed by atoms with van der Waals surface area (Å²) in [6, 6.07) is 6.99. The van der Waals surface area contributed by atoms with Crippen molar-refractivity contribution >= 4 is 0 Å². The van der Waals surface area contributed by atoms with Crippen LogP contribution in [0.4, 0.5) is 0 Å². The molecule has 0 aliphatic heterocycles. The molecule has 2 aliphatic carbocycles. The smallest absolute Gasteiger partial charge is 0.0619 e. The van der Waals surface area contributed by atoms with Gasteiger partial charge >= 0.3 is 0 Å². The molecule has 0 unspecified atom stereocenters. The molecule has 2 nitrogen and oxygen atoms in total. The first-order valence-corrected chi connectivity index (χ1v) is 8.75. The monoisotopic (exact) mass is 302 g/mol. The van der Waals surface area contributed by atoms with Gasteiger partial charge in [-0.2, -0.15) is 0 Å². The summed E-state index contributed by atoms with van der Waals surface area (Å²) in [4.78, 5) is 0. The van der Waals surface area contributed by atoms with Gasteiger partial charge in [-0.25, -0.2) is 0 Å². The van der Waals surface area contributed by atoms with Gasteiger partial charge in [-0.05, 0) is 59.6 Å². The third kappa shape index (κ3) is 2.15. The van der Waals surface area contributed by atoms with E-state index in [4.69, 9.17) is 0 Å². The average molecular weight is 302 g/mol. The fourth-order valence-corrected chi connectivity index (χ4v) is 5.12. The van der Waals surface area contributed by atoms with E-state index >= 15 is 0 Å². The van der Waals surface area contributed by atoms with Gasteiger partial charge in [0.15, 0.2) is 0 Å². The number of aryl methyl sites for hydroxylation is 1. The molecule has 4 atom stereocenters. The van der Waals surface area contributed by atoms with Gasteiger partial charge in [0.1, 0.15) is 0 Å². The van der Waals surface area contributed by atoms with Crippen LogP contribution in [0.3, 0.4) is 0 Å². The molecule has 0 radical (unpaired) electrons.